The quantitative estimate of drug-likeness (QED) is 0.791. The second-order valence-electron chi connectivity index (χ2n) is 4.95. The van der Waals surface area contributed by atoms with Crippen LogP contribution in [0, 0.1) is 12.8 Å². The summed E-state index contributed by atoms with van der Waals surface area (Å²) in [6.45, 7) is 4.05. The molecule has 1 saturated carbocycles. The van der Waals surface area contributed by atoms with Crippen LogP contribution in [0.15, 0.2) is 23.1 Å². The fourth-order valence-corrected chi connectivity index (χ4v) is 2.40. The summed E-state index contributed by atoms with van der Waals surface area (Å²) >= 11 is 4.28. The number of benzene rings is 1. The lowest BCUT2D eigenvalue weighted by atomic mass is 9.80. The number of hydrogen-bond acceptors (Lipinski definition) is 2. The monoisotopic (exact) mass is 249 g/mol. The van der Waals surface area contributed by atoms with Gasteiger partial charge in [-0.1, -0.05) is 12.5 Å². The van der Waals surface area contributed by atoms with Crippen LogP contribution in [0.5, 0.6) is 0 Å². The van der Waals surface area contributed by atoms with Gasteiger partial charge in [0.15, 0.2) is 0 Å². The van der Waals surface area contributed by atoms with Crippen molar-refractivity contribution in [2.24, 2.45) is 5.92 Å². The third-order valence-corrected chi connectivity index (χ3v) is 3.96. The molecule has 3 heteroatoms. The summed E-state index contributed by atoms with van der Waals surface area (Å²) in [5.74, 6) is 0.691. The van der Waals surface area contributed by atoms with E-state index in [4.69, 9.17) is 0 Å². The first-order valence-corrected chi connectivity index (χ1v) is 6.63. The van der Waals surface area contributed by atoms with Crippen LogP contribution in [0.2, 0.25) is 0 Å². The summed E-state index contributed by atoms with van der Waals surface area (Å²) in [5, 5.41) is 3.09. The first kappa shape index (κ1) is 12.5. The molecule has 0 heterocycles. The number of carbonyl (C=O) groups excluding carboxylic acids is 1. The SMILES string of the molecule is Cc1ccc(S)cc1C(=O)NC(C)C1CCC1. The van der Waals surface area contributed by atoms with Gasteiger partial charge in [0.25, 0.3) is 5.91 Å². The van der Waals surface area contributed by atoms with Crippen molar-refractivity contribution in [3.63, 3.8) is 0 Å². The van der Waals surface area contributed by atoms with Gasteiger partial charge >= 0.3 is 0 Å². The Morgan fingerprint density at radius 3 is 2.76 bits per heavy atom. The van der Waals surface area contributed by atoms with Crippen molar-refractivity contribution in [2.45, 2.75) is 44.0 Å². The van der Waals surface area contributed by atoms with E-state index in [2.05, 4.69) is 24.9 Å². The highest BCUT2D eigenvalue weighted by Crippen LogP contribution is 2.29. The highest BCUT2D eigenvalue weighted by molar-refractivity contribution is 7.80. The van der Waals surface area contributed by atoms with Gasteiger partial charge in [-0.2, -0.15) is 0 Å². The summed E-state index contributed by atoms with van der Waals surface area (Å²) in [6, 6.07) is 5.95. The lowest BCUT2D eigenvalue weighted by molar-refractivity contribution is 0.0908. The molecule has 1 fully saturated rings. The van der Waals surface area contributed by atoms with Gasteiger partial charge in [0, 0.05) is 16.5 Å². The number of thiol groups is 1. The zero-order valence-electron chi connectivity index (χ0n) is 10.4. The van der Waals surface area contributed by atoms with E-state index in [0.717, 1.165) is 16.0 Å². The molecule has 1 unspecified atom stereocenters. The maximum Gasteiger partial charge on any atom is 0.251 e. The molecule has 1 N–H and O–H groups in total. The summed E-state index contributed by atoms with van der Waals surface area (Å²) < 4.78 is 0. The van der Waals surface area contributed by atoms with E-state index >= 15 is 0 Å². The van der Waals surface area contributed by atoms with Gasteiger partial charge in [-0.3, -0.25) is 4.79 Å². The third-order valence-electron chi connectivity index (χ3n) is 3.68. The van der Waals surface area contributed by atoms with Crippen molar-refractivity contribution in [2.75, 3.05) is 0 Å². The van der Waals surface area contributed by atoms with Crippen LogP contribution in [-0.2, 0) is 0 Å². The predicted molar refractivity (Wildman–Crippen MR) is 72.7 cm³/mol. The molecule has 1 amide bonds. The Hall–Kier alpha value is -0.960. The number of hydrogen-bond donors (Lipinski definition) is 2. The summed E-state index contributed by atoms with van der Waals surface area (Å²) in [7, 11) is 0. The molecule has 2 rings (SSSR count). The van der Waals surface area contributed by atoms with Gasteiger partial charge in [0.1, 0.15) is 0 Å². The summed E-state index contributed by atoms with van der Waals surface area (Å²) in [6.07, 6.45) is 3.79. The predicted octanol–water partition coefficient (Wildman–Crippen LogP) is 3.20. The van der Waals surface area contributed by atoms with Crippen LogP contribution in [0.3, 0.4) is 0 Å². The summed E-state index contributed by atoms with van der Waals surface area (Å²) in [5.41, 5.74) is 1.74. The lowest BCUT2D eigenvalue weighted by Crippen LogP contribution is -2.40. The van der Waals surface area contributed by atoms with Crippen molar-refractivity contribution >= 4 is 18.5 Å². The van der Waals surface area contributed by atoms with Gasteiger partial charge in [-0.15, -0.1) is 12.6 Å². The van der Waals surface area contributed by atoms with E-state index in [-0.39, 0.29) is 11.9 Å². The van der Waals surface area contributed by atoms with Gasteiger partial charge < -0.3 is 5.32 Å². The molecule has 1 aromatic carbocycles. The number of rotatable bonds is 3. The van der Waals surface area contributed by atoms with E-state index < -0.39 is 0 Å². The molecule has 17 heavy (non-hydrogen) atoms. The van der Waals surface area contributed by atoms with Gasteiger partial charge in [0.2, 0.25) is 0 Å². The largest absolute Gasteiger partial charge is 0.349 e. The molecule has 0 saturated heterocycles. The van der Waals surface area contributed by atoms with Crippen molar-refractivity contribution in [3.8, 4) is 0 Å². The van der Waals surface area contributed by atoms with Crippen molar-refractivity contribution in [1.82, 2.24) is 5.32 Å². The fourth-order valence-electron chi connectivity index (χ4n) is 2.20. The van der Waals surface area contributed by atoms with Crippen LogP contribution in [-0.4, -0.2) is 11.9 Å². The molecule has 1 aromatic rings. The van der Waals surface area contributed by atoms with Crippen molar-refractivity contribution in [1.29, 1.82) is 0 Å². The molecule has 0 spiro atoms. The first-order valence-electron chi connectivity index (χ1n) is 6.18. The summed E-state index contributed by atoms with van der Waals surface area (Å²) in [4.78, 5) is 13.0. The van der Waals surface area contributed by atoms with E-state index in [1.165, 1.54) is 19.3 Å². The second-order valence-corrected chi connectivity index (χ2v) is 5.47. The lowest BCUT2D eigenvalue weighted by Gasteiger charge is -2.32. The Kier molecular flexibility index (Phi) is 3.77. The van der Waals surface area contributed by atoms with Gasteiger partial charge in [-0.25, -0.2) is 0 Å². The molecule has 1 atom stereocenters. The highest BCUT2D eigenvalue weighted by atomic mass is 32.1. The molecule has 92 valence electrons. The number of carbonyl (C=O) groups is 1. The Morgan fingerprint density at radius 1 is 1.47 bits per heavy atom. The molecule has 2 nitrogen and oxygen atoms in total. The van der Waals surface area contributed by atoms with Crippen LogP contribution in [0.25, 0.3) is 0 Å². The molecular weight excluding hydrogens is 230 g/mol. The number of amides is 1. The van der Waals surface area contributed by atoms with Gasteiger partial charge in [-0.05, 0) is 50.3 Å². The first-order chi connectivity index (χ1) is 8.08. The Labute approximate surface area is 108 Å². The van der Waals surface area contributed by atoms with Gasteiger partial charge in [0.05, 0.1) is 0 Å². The minimum atomic E-state index is 0.0257. The molecule has 1 aliphatic rings. The topological polar surface area (TPSA) is 29.1 Å². The minimum absolute atomic E-state index is 0.0257. The van der Waals surface area contributed by atoms with Crippen LogP contribution >= 0.6 is 12.6 Å². The van der Waals surface area contributed by atoms with E-state index in [0.29, 0.717) is 5.92 Å². The second kappa shape index (κ2) is 5.13. The number of nitrogens with one attached hydrogen (secondary N) is 1. The Balaban J connectivity index is 2.05. The standard InChI is InChI=1S/C14H19NOS/c1-9-6-7-12(17)8-13(9)14(16)15-10(2)11-4-3-5-11/h6-8,10-11,17H,3-5H2,1-2H3,(H,15,16). The van der Waals surface area contributed by atoms with Crippen LogP contribution in [0.4, 0.5) is 0 Å². The minimum Gasteiger partial charge on any atom is -0.349 e. The van der Waals surface area contributed by atoms with E-state index in [1.807, 2.05) is 25.1 Å². The average Bonchev–Trinajstić information content (AvgIpc) is 2.18. The molecule has 0 bridgehead atoms. The molecule has 1 aliphatic carbocycles. The van der Waals surface area contributed by atoms with Crippen LogP contribution in [0.1, 0.15) is 42.1 Å². The molecule has 0 radical (unpaired) electrons. The maximum atomic E-state index is 12.1. The average molecular weight is 249 g/mol. The zero-order chi connectivity index (χ0) is 12.4. The van der Waals surface area contributed by atoms with Crippen molar-refractivity contribution in [3.05, 3.63) is 29.3 Å². The Bertz CT molecular complexity index is 426. The molecule has 0 aliphatic heterocycles. The highest BCUT2D eigenvalue weighted by Gasteiger charge is 2.25. The van der Waals surface area contributed by atoms with Crippen molar-refractivity contribution < 1.29 is 4.79 Å². The molecular formula is C14H19NOS. The Morgan fingerprint density at radius 2 is 2.18 bits per heavy atom. The molecule has 0 aromatic heterocycles. The van der Waals surface area contributed by atoms with E-state index in [9.17, 15) is 4.79 Å². The fraction of sp³-hybridized carbons (Fsp3) is 0.500. The third kappa shape index (κ3) is 2.83. The number of aryl methyl sites for hydroxylation is 1. The maximum absolute atomic E-state index is 12.1. The zero-order valence-corrected chi connectivity index (χ0v) is 11.3. The van der Waals surface area contributed by atoms with Crippen LogP contribution < -0.4 is 5.32 Å². The van der Waals surface area contributed by atoms with E-state index in [1.54, 1.807) is 0 Å². The smallest absolute Gasteiger partial charge is 0.251 e. The normalized spacial score (nSPS) is 17.4.